The number of hydrogen-bond donors (Lipinski definition) is 1. The van der Waals surface area contributed by atoms with Crippen LogP contribution in [0.5, 0.6) is 0 Å². The monoisotopic (exact) mass is 759 g/mol. The second-order valence-electron chi connectivity index (χ2n) is 14.1. The lowest BCUT2D eigenvalue weighted by molar-refractivity contribution is -0.142. The summed E-state index contributed by atoms with van der Waals surface area (Å²) in [5.41, 5.74) is 3.92. The van der Waals surface area contributed by atoms with Crippen LogP contribution in [0, 0.1) is 18.3 Å². The van der Waals surface area contributed by atoms with Crippen molar-refractivity contribution in [3.05, 3.63) is 51.8 Å². The molecule has 5 heterocycles. The number of benzene rings is 1. The van der Waals surface area contributed by atoms with Crippen LogP contribution in [-0.4, -0.2) is 94.7 Å². The van der Waals surface area contributed by atoms with Crippen LogP contribution >= 0.6 is 11.3 Å². The molecule has 3 aromatic heterocycles. The predicted octanol–water partition coefficient (Wildman–Crippen LogP) is 5.97. The number of carbonyl (C=O) groups excluding carboxylic acids is 1. The predicted molar refractivity (Wildman–Crippen MR) is 195 cm³/mol. The molecule has 11 nitrogen and oxygen atoms in total. The van der Waals surface area contributed by atoms with E-state index in [1.807, 2.05) is 6.07 Å². The number of nitrogens with one attached hydrogen (secondary N) is 1. The molecule has 0 aliphatic carbocycles. The van der Waals surface area contributed by atoms with E-state index < -0.39 is 28.4 Å². The minimum absolute atomic E-state index is 0.0387. The second-order valence-corrected chi connectivity index (χ2v) is 17.6. The number of anilines is 1. The maximum atomic E-state index is 13.2. The van der Waals surface area contributed by atoms with E-state index in [1.54, 1.807) is 0 Å². The van der Waals surface area contributed by atoms with E-state index in [0.29, 0.717) is 54.2 Å². The molecule has 0 saturated carbocycles. The average molecular weight is 760 g/mol. The zero-order valence-corrected chi connectivity index (χ0v) is 31.4. The van der Waals surface area contributed by atoms with Gasteiger partial charge >= 0.3 is 12.1 Å². The zero-order valence-electron chi connectivity index (χ0n) is 29.8. The SMILES string of the molecule is CC(=O)OCc1nc(NC2CCN(Cc3ccc4c(cc(C#N)n4C[C@H](C)N4CCC(S(C)(=O)=O)CC4)c3C)CC2)c2cc(CC(F)(F)F)sc2n1. The van der Waals surface area contributed by atoms with Gasteiger partial charge in [0.2, 0.25) is 0 Å². The Morgan fingerprint density at radius 3 is 2.46 bits per heavy atom. The summed E-state index contributed by atoms with van der Waals surface area (Å²) in [5, 5.41) is 14.8. The number of likely N-dealkylation sites (tertiary alicyclic amines) is 2. The van der Waals surface area contributed by atoms with Crippen molar-refractivity contribution in [3.8, 4) is 6.07 Å². The van der Waals surface area contributed by atoms with E-state index in [0.717, 1.165) is 60.3 Å². The van der Waals surface area contributed by atoms with E-state index in [9.17, 15) is 31.6 Å². The van der Waals surface area contributed by atoms with Crippen LogP contribution in [0.2, 0.25) is 0 Å². The molecule has 2 fully saturated rings. The number of ether oxygens (including phenoxy) is 1. The smallest absolute Gasteiger partial charge is 0.393 e. The van der Waals surface area contributed by atoms with E-state index in [4.69, 9.17) is 4.74 Å². The summed E-state index contributed by atoms with van der Waals surface area (Å²) in [4.78, 5) is 25.6. The van der Waals surface area contributed by atoms with Gasteiger partial charge in [0.1, 0.15) is 32.2 Å². The van der Waals surface area contributed by atoms with E-state index in [1.165, 1.54) is 24.8 Å². The largest absolute Gasteiger partial charge is 0.458 e. The highest BCUT2D eigenvalue weighted by molar-refractivity contribution is 7.91. The van der Waals surface area contributed by atoms with Gasteiger partial charge in [-0.2, -0.15) is 18.4 Å². The number of aromatic nitrogens is 3. The molecule has 1 atom stereocenters. The van der Waals surface area contributed by atoms with E-state index >= 15 is 0 Å². The third kappa shape index (κ3) is 8.87. The Bertz CT molecular complexity index is 2090. The fraction of sp³-hybridized carbons (Fsp3) is 0.556. The molecular weight excluding hydrogens is 716 g/mol. The standard InChI is InChI=1S/C36H44F3N7O4S2/c1-22(45-13-9-29(10-14-45)52(4,48)49)19-46-27(18-40)15-30-23(2)25(5-6-32(30)46)20-44-11-7-26(8-12-44)41-34-31-16-28(17-36(37,38)39)51-35(31)43-33(42-34)21-50-24(3)47/h5-6,15-16,22,26,29H,7-14,17,19-21H2,1-4H3,(H,41,42,43)/t22-/m0/s1. The molecule has 2 aliphatic heterocycles. The number of fused-ring (bicyclic) bond motifs is 2. The molecule has 0 amide bonds. The molecule has 280 valence electrons. The molecule has 2 aliphatic rings. The molecule has 1 N–H and O–H groups in total. The van der Waals surface area contributed by atoms with Crippen molar-refractivity contribution in [2.75, 3.05) is 37.8 Å². The fourth-order valence-electron chi connectivity index (χ4n) is 7.42. The van der Waals surface area contributed by atoms with Crippen molar-refractivity contribution < 1.29 is 31.1 Å². The molecule has 0 bridgehead atoms. The van der Waals surface area contributed by atoms with Gasteiger partial charge in [0, 0.05) is 67.2 Å². The zero-order chi connectivity index (χ0) is 37.4. The first kappa shape index (κ1) is 38.0. The normalized spacial score (nSPS) is 17.8. The minimum atomic E-state index is -4.35. The van der Waals surface area contributed by atoms with Gasteiger partial charge in [0.15, 0.2) is 12.4 Å². The van der Waals surface area contributed by atoms with Gasteiger partial charge in [0.05, 0.1) is 17.1 Å². The number of rotatable bonds is 11. The topological polar surface area (TPSA) is 133 Å². The maximum Gasteiger partial charge on any atom is 0.393 e. The average Bonchev–Trinajstić information content (AvgIpc) is 3.65. The first-order valence-corrected chi connectivity index (χ1v) is 20.3. The summed E-state index contributed by atoms with van der Waals surface area (Å²) in [6.45, 7) is 9.73. The van der Waals surface area contributed by atoms with Crippen LogP contribution in [0.15, 0.2) is 24.3 Å². The Kier molecular flexibility index (Phi) is 11.2. The van der Waals surface area contributed by atoms with Crippen molar-refractivity contribution >= 4 is 54.1 Å². The summed E-state index contributed by atoms with van der Waals surface area (Å²) < 4.78 is 70.7. The van der Waals surface area contributed by atoms with Gasteiger partial charge in [-0.25, -0.2) is 18.4 Å². The number of nitrogens with zero attached hydrogens (tertiary/aromatic N) is 6. The van der Waals surface area contributed by atoms with Crippen LogP contribution in [0.1, 0.15) is 67.1 Å². The maximum absolute atomic E-state index is 13.2. The summed E-state index contributed by atoms with van der Waals surface area (Å²) >= 11 is 0.966. The number of thiophene rings is 1. The first-order chi connectivity index (χ1) is 24.6. The number of piperidine rings is 2. The highest BCUT2D eigenvalue weighted by Gasteiger charge is 2.31. The lowest BCUT2D eigenvalue weighted by atomic mass is 10.0. The lowest BCUT2D eigenvalue weighted by Crippen LogP contribution is -2.44. The molecule has 1 aromatic carbocycles. The minimum Gasteiger partial charge on any atom is -0.458 e. The van der Waals surface area contributed by atoms with E-state index in [-0.39, 0.29) is 34.6 Å². The van der Waals surface area contributed by atoms with Crippen LogP contribution < -0.4 is 5.32 Å². The highest BCUT2D eigenvalue weighted by atomic mass is 32.2. The molecule has 2 saturated heterocycles. The Hall–Kier alpha value is -3.78. The number of carbonyl (C=O) groups is 1. The number of aryl methyl sites for hydroxylation is 1. The first-order valence-electron chi connectivity index (χ1n) is 17.5. The Balaban J connectivity index is 1.11. The van der Waals surface area contributed by atoms with Crippen LogP contribution in [0.3, 0.4) is 0 Å². The van der Waals surface area contributed by atoms with Crippen LogP contribution in [-0.2, 0) is 45.5 Å². The third-order valence-corrected chi connectivity index (χ3v) is 13.0. The molecule has 16 heteroatoms. The number of esters is 1. The summed E-state index contributed by atoms with van der Waals surface area (Å²) in [6.07, 6.45) is -1.25. The Morgan fingerprint density at radius 2 is 1.83 bits per heavy atom. The van der Waals surface area contributed by atoms with Crippen molar-refractivity contribution in [3.63, 3.8) is 0 Å². The number of sulfone groups is 1. The molecule has 6 rings (SSSR count). The third-order valence-electron chi connectivity index (χ3n) is 10.3. The van der Waals surface area contributed by atoms with Crippen molar-refractivity contribution in [1.29, 1.82) is 5.26 Å². The Morgan fingerprint density at radius 1 is 1.12 bits per heavy atom. The summed E-state index contributed by atoms with van der Waals surface area (Å²) in [7, 11) is -3.04. The van der Waals surface area contributed by atoms with Gasteiger partial charge in [0.25, 0.3) is 0 Å². The lowest BCUT2D eigenvalue weighted by Gasteiger charge is -2.35. The molecule has 0 spiro atoms. The number of nitriles is 1. The van der Waals surface area contributed by atoms with Gasteiger partial charge in [-0.1, -0.05) is 6.07 Å². The molecule has 52 heavy (non-hydrogen) atoms. The summed E-state index contributed by atoms with van der Waals surface area (Å²) in [5.74, 6) is 0.176. The van der Waals surface area contributed by atoms with Gasteiger partial charge < -0.3 is 14.6 Å². The fourth-order valence-corrected chi connectivity index (χ4v) is 9.56. The van der Waals surface area contributed by atoms with Gasteiger partial charge in [-0.05, 0) is 81.9 Å². The molecule has 4 aromatic rings. The molecular formula is C36H44F3N7O4S2. The van der Waals surface area contributed by atoms with Gasteiger partial charge in [-0.15, -0.1) is 11.3 Å². The summed E-state index contributed by atoms with van der Waals surface area (Å²) in [6, 6.07) is 10.2. The molecule has 0 unspecified atom stereocenters. The Labute approximate surface area is 305 Å². The quantitative estimate of drug-likeness (QED) is 0.183. The van der Waals surface area contributed by atoms with Crippen LogP contribution in [0.4, 0.5) is 19.0 Å². The second kappa shape index (κ2) is 15.3. The van der Waals surface area contributed by atoms with Crippen molar-refractivity contribution in [1.82, 2.24) is 24.3 Å². The highest BCUT2D eigenvalue weighted by Crippen LogP contribution is 2.34. The number of alkyl halides is 3. The molecule has 0 radical (unpaired) electrons. The van der Waals surface area contributed by atoms with Crippen molar-refractivity contribution in [2.24, 2.45) is 0 Å². The number of hydrogen-bond acceptors (Lipinski definition) is 11. The number of halogens is 3. The van der Waals surface area contributed by atoms with Gasteiger partial charge in [-0.3, -0.25) is 14.6 Å². The van der Waals surface area contributed by atoms with Crippen molar-refractivity contribution in [2.45, 2.75) is 96.1 Å². The van der Waals surface area contributed by atoms with E-state index in [2.05, 4.69) is 61.7 Å². The van der Waals surface area contributed by atoms with Crippen LogP contribution in [0.25, 0.3) is 21.1 Å².